The van der Waals surface area contributed by atoms with Crippen LogP contribution < -0.4 is 16.0 Å². The lowest BCUT2D eigenvalue weighted by Crippen LogP contribution is -2.38. The number of rotatable bonds is 7. The first-order chi connectivity index (χ1) is 11.0. The lowest BCUT2D eigenvalue weighted by atomic mass is 10.1. The highest BCUT2D eigenvalue weighted by molar-refractivity contribution is 5.90. The van der Waals surface area contributed by atoms with Gasteiger partial charge in [-0.05, 0) is 31.5 Å². The largest absolute Gasteiger partial charge is 0.450 e. The molecule has 0 radical (unpaired) electrons. The highest BCUT2D eigenvalue weighted by Crippen LogP contribution is 2.16. The van der Waals surface area contributed by atoms with Crippen LogP contribution in [0.1, 0.15) is 38.8 Å². The predicted octanol–water partition coefficient (Wildman–Crippen LogP) is 1.96. The average Bonchev–Trinajstić information content (AvgIpc) is 2.53. The molecule has 0 fully saturated rings. The first kappa shape index (κ1) is 18.5. The summed E-state index contributed by atoms with van der Waals surface area (Å²) in [7, 11) is 0. The summed E-state index contributed by atoms with van der Waals surface area (Å²) >= 11 is 0. The van der Waals surface area contributed by atoms with E-state index in [2.05, 4.69) is 20.7 Å². The van der Waals surface area contributed by atoms with E-state index in [9.17, 15) is 14.4 Å². The lowest BCUT2D eigenvalue weighted by Gasteiger charge is -2.15. The van der Waals surface area contributed by atoms with Crippen LogP contribution in [0.3, 0.4) is 0 Å². The van der Waals surface area contributed by atoms with Crippen LogP contribution in [0.25, 0.3) is 0 Å². The van der Waals surface area contributed by atoms with Gasteiger partial charge in [-0.2, -0.15) is 0 Å². The molecule has 7 heteroatoms. The fourth-order valence-corrected chi connectivity index (χ4v) is 1.81. The highest BCUT2D eigenvalue weighted by Gasteiger charge is 2.11. The van der Waals surface area contributed by atoms with Gasteiger partial charge in [-0.3, -0.25) is 9.59 Å². The molecule has 7 nitrogen and oxygen atoms in total. The summed E-state index contributed by atoms with van der Waals surface area (Å²) in [5.74, 6) is -0.363. The van der Waals surface area contributed by atoms with Crippen molar-refractivity contribution < 1.29 is 19.1 Å². The van der Waals surface area contributed by atoms with E-state index < -0.39 is 6.09 Å². The molecule has 3 N–H and O–H groups in total. The molecule has 0 saturated carbocycles. The van der Waals surface area contributed by atoms with Gasteiger partial charge in [0, 0.05) is 12.1 Å². The average molecular weight is 321 g/mol. The molecule has 0 aliphatic rings. The molecule has 0 aliphatic heterocycles. The SMILES string of the molecule is CCOC(=O)NCC(=O)N[C@@H](C)c1ccc(NC(=O)CC)cc1. The number of anilines is 1. The van der Waals surface area contributed by atoms with Gasteiger partial charge in [0.1, 0.15) is 6.54 Å². The zero-order chi connectivity index (χ0) is 17.2. The van der Waals surface area contributed by atoms with Gasteiger partial charge in [-0.1, -0.05) is 19.1 Å². The van der Waals surface area contributed by atoms with E-state index in [4.69, 9.17) is 0 Å². The van der Waals surface area contributed by atoms with Crippen LogP contribution in [-0.2, 0) is 14.3 Å². The maximum atomic E-state index is 11.7. The summed E-state index contributed by atoms with van der Waals surface area (Å²) in [6.07, 6.45) is -0.201. The Morgan fingerprint density at radius 2 is 1.74 bits per heavy atom. The number of carbonyl (C=O) groups is 3. The molecule has 1 aromatic rings. The molecule has 0 spiro atoms. The first-order valence-electron chi connectivity index (χ1n) is 7.56. The third kappa shape index (κ3) is 6.82. The summed E-state index contributed by atoms with van der Waals surface area (Å²) in [4.78, 5) is 34.2. The van der Waals surface area contributed by atoms with Crippen molar-refractivity contribution in [3.63, 3.8) is 0 Å². The number of hydrogen-bond acceptors (Lipinski definition) is 4. The zero-order valence-corrected chi connectivity index (χ0v) is 13.6. The van der Waals surface area contributed by atoms with Crippen LogP contribution in [0.5, 0.6) is 0 Å². The van der Waals surface area contributed by atoms with E-state index >= 15 is 0 Å². The van der Waals surface area contributed by atoms with E-state index in [0.717, 1.165) is 5.56 Å². The molecule has 0 heterocycles. The second-order valence-corrected chi connectivity index (χ2v) is 4.89. The summed E-state index contributed by atoms with van der Waals surface area (Å²) in [6.45, 7) is 5.42. The summed E-state index contributed by atoms with van der Waals surface area (Å²) < 4.78 is 4.67. The van der Waals surface area contributed by atoms with Crippen molar-refractivity contribution in [2.45, 2.75) is 33.2 Å². The van der Waals surface area contributed by atoms with Gasteiger partial charge < -0.3 is 20.7 Å². The van der Waals surface area contributed by atoms with Gasteiger partial charge in [-0.25, -0.2) is 4.79 Å². The molecule has 0 unspecified atom stereocenters. The fraction of sp³-hybridized carbons (Fsp3) is 0.438. The van der Waals surface area contributed by atoms with E-state index in [1.54, 1.807) is 26.0 Å². The number of hydrogen-bond donors (Lipinski definition) is 3. The smallest absolute Gasteiger partial charge is 0.407 e. The predicted molar refractivity (Wildman–Crippen MR) is 86.9 cm³/mol. The Morgan fingerprint density at radius 3 is 2.30 bits per heavy atom. The van der Waals surface area contributed by atoms with Crippen molar-refractivity contribution in [1.82, 2.24) is 10.6 Å². The number of alkyl carbamates (subject to hydrolysis) is 1. The molecule has 23 heavy (non-hydrogen) atoms. The second-order valence-electron chi connectivity index (χ2n) is 4.89. The van der Waals surface area contributed by atoms with Crippen LogP contribution in [0.2, 0.25) is 0 Å². The van der Waals surface area contributed by atoms with Gasteiger partial charge in [-0.15, -0.1) is 0 Å². The van der Waals surface area contributed by atoms with Gasteiger partial charge in [0.2, 0.25) is 11.8 Å². The first-order valence-corrected chi connectivity index (χ1v) is 7.56. The normalized spacial score (nSPS) is 11.3. The molecule has 0 saturated heterocycles. The Balaban J connectivity index is 2.47. The fourth-order valence-electron chi connectivity index (χ4n) is 1.81. The van der Waals surface area contributed by atoms with Crippen LogP contribution >= 0.6 is 0 Å². The quantitative estimate of drug-likeness (QED) is 0.715. The molecule has 3 amide bonds. The Hall–Kier alpha value is -2.57. The monoisotopic (exact) mass is 321 g/mol. The Kier molecular flexibility index (Phi) is 7.59. The van der Waals surface area contributed by atoms with Crippen molar-refractivity contribution >= 4 is 23.6 Å². The third-order valence-corrected chi connectivity index (χ3v) is 3.06. The highest BCUT2D eigenvalue weighted by atomic mass is 16.5. The van der Waals surface area contributed by atoms with Crippen molar-refractivity contribution in [2.75, 3.05) is 18.5 Å². The topological polar surface area (TPSA) is 96.5 Å². The second kappa shape index (κ2) is 9.45. The maximum Gasteiger partial charge on any atom is 0.407 e. The van der Waals surface area contributed by atoms with Gasteiger partial charge in [0.25, 0.3) is 0 Å². The number of benzene rings is 1. The minimum absolute atomic E-state index is 0.0517. The number of amides is 3. The summed E-state index contributed by atoms with van der Waals surface area (Å²) in [5.41, 5.74) is 1.60. The number of carbonyl (C=O) groups excluding carboxylic acids is 3. The number of ether oxygens (including phenoxy) is 1. The molecular formula is C16H23N3O4. The summed E-state index contributed by atoms with van der Waals surface area (Å²) in [5, 5.41) is 7.88. The van der Waals surface area contributed by atoms with E-state index in [-0.39, 0.29) is 31.0 Å². The van der Waals surface area contributed by atoms with Crippen LogP contribution in [0.4, 0.5) is 10.5 Å². The van der Waals surface area contributed by atoms with E-state index in [0.29, 0.717) is 12.1 Å². The molecule has 0 aliphatic carbocycles. The van der Waals surface area contributed by atoms with Crippen molar-refractivity contribution in [3.05, 3.63) is 29.8 Å². The third-order valence-electron chi connectivity index (χ3n) is 3.06. The van der Waals surface area contributed by atoms with Gasteiger partial charge in [0.05, 0.1) is 12.6 Å². The number of nitrogens with one attached hydrogen (secondary N) is 3. The summed E-state index contributed by atoms with van der Waals surface area (Å²) in [6, 6.07) is 7.00. The van der Waals surface area contributed by atoms with E-state index in [1.165, 1.54) is 0 Å². The van der Waals surface area contributed by atoms with Gasteiger partial charge in [0.15, 0.2) is 0 Å². The lowest BCUT2D eigenvalue weighted by molar-refractivity contribution is -0.120. The molecule has 0 bridgehead atoms. The molecule has 1 rings (SSSR count). The molecule has 126 valence electrons. The standard InChI is InChI=1S/C16H23N3O4/c1-4-14(20)19-13-8-6-12(7-9-13)11(3)18-15(21)10-17-16(22)23-5-2/h6-9,11H,4-5,10H2,1-3H3,(H,17,22)(H,18,21)(H,19,20)/t11-/m0/s1. The molecule has 0 aromatic heterocycles. The Bertz CT molecular complexity index is 543. The minimum atomic E-state index is -0.619. The van der Waals surface area contributed by atoms with Crippen LogP contribution in [0, 0.1) is 0 Å². The maximum absolute atomic E-state index is 11.7. The van der Waals surface area contributed by atoms with E-state index in [1.807, 2.05) is 19.1 Å². The molecular weight excluding hydrogens is 298 g/mol. The zero-order valence-electron chi connectivity index (χ0n) is 13.6. The van der Waals surface area contributed by atoms with Gasteiger partial charge >= 0.3 is 6.09 Å². The minimum Gasteiger partial charge on any atom is -0.450 e. The Morgan fingerprint density at radius 1 is 1.09 bits per heavy atom. The van der Waals surface area contributed by atoms with Crippen LogP contribution in [-0.4, -0.2) is 31.1 Å². The molecule has 1 aromatic carbocycles. The van der Waals surface area contributed by atoms with Crippen molar-refractivity contribution in [2.24, 2.45) is 0 Å². The van der Waals surface area contributed by atoms with Crippen LogP contribution in [0.15, 0.2) is 24.3 Å². The molecule has 1 atom stereocenters. The Labute approximate surface area is 135 Å². The van der Waals surface area contributed by atoms with Crippen molar-refractivity contribution in [3.8, 4) is 0 Å². The van der Waals surface area contributed by atoms with Crippen molar-refractivity contribution in [1.29, 1.82) is 0 Å².